The minimum absolute atomic E-state index is 0.00155. The summed E-state index contributed by atoms with van der Waals surface area (Å²) in [5, 5.41) is 2.82. The maximum atomic E-state index is 14.1. The summed E-state index contributed by atoms with van der Waals surface area (Å²) in [6.07, 6.45) is 2.47. The molecule has 3 aromatic rings. The van der Waals surface area contributed by atoms with Gasteiger partial charge < -0.3 is 24.3 Å². The van der Waals surface area contributed by atoms with Crippen LogP contribution in [0.4, 0.5) is 11.4 Å². The highest BCUT2D eigenvalue weighted by Gasteiger charge is 2.32. The van der Waals surface area contributed by atoms with Crippen LogP contribution in [-0.4, -0.2) is 75.1 Å². The van der Waals surface area contributed by atoms with Crippen LogP contribution in [0.5, 0.6) is 23.0 Å². The van der Waals surface area contributed by atoms with Gasteiger partial charge >= 0.3 is 0 Å². The molecule has 12 nitrogen and oxygen atoms in total. The number of rotatable bonds is 12. The van der Waals surface area contributed by atoms with E-state index < -0.39 is 32.5 Å². The molecule has 0 aliphatic carbocycles. The Bertz CT molecular complexity index is 1730. The Morgan fingerprint density at radius 2 is 1.36 bits per heavy atom. The number of carbonyl (C=O) groups is 1. The number of methoxy groups -OCH3 is 4. The molecule has 3 aromatic carbocycles. The minimum Gasteiger partial charge on any atom is -0.495 e. The molecule has 4 rings (SSSR count). The van der Waals surface area contributed by atoms with Gasteiger partial charge in [0.1, 0.15) is 18.0 Å². The molecule has 0 saturated carbocycles. The van der Waals surface area contributed by atoms with E-state index in [-0.39, 0.29) is 43.4 Å². The van der Waals surface area contributed by atoms with Gasteiger partial charge in [-0.25, -0.2) is 16.8 Å². The molecule has 1 saturated heterocycles. The highest BCUT2D eigenvalue weighted by Crippen LogP contribution is 2.37. The number of carbonyl (C=O) groups excluding carboxylic acids is 1. The molecule has 1 heterocycles. The van der Waals surface area contributed by atoms with Crippen LogP contribution in [0.2, 0.25) is 5.02 Å². The van der Waals surface area contributed by atoms with Gasteiger partial charge in [0.25, 0.3) is 10.0 Å². The van der Waals surface area contributed by atoms with E-state index in [1.54, 1.807) is 0 Å². The van der Waals surface area contributed by atoms with Gasteiger partial charge in [-0.1, -0.05) is 18.0 Å². The van der Waals surface area contributed by atoms with E-state index in [1.165, 1.54) is 87.3 Å². The molecule has 1 N–H and O–H groups in total. The van der Waals surface area contributed by atoms with Crippen LogP contribution in [0.25, 0.3) is 0 Å². The molecule has 1 fully saturated rings. The van der Waals surface area contributed by atoms with Crippen LogP contribution in [0.3, 0.4) is 0 Å². The van der Waals surface area contributed by atoms with E-state index in [1.807, 2.05) is 0 Å². The number of anilines is 2. The molecular formula is C29H34ClN3O9S2. The van der Waals surface area contributed by atoms with Crippen LogP contribution >= 0.6 is 11.6 Å². The minimum atomic E-state index is -4.45. The number of sulfonamides is 2. The number of amides is 1. The van der Waals surface area contributed by atoms with Crippen molar-refractivity contribution in [2.24, 2.45) is 0 Å². The van der Waals surface area contributed by atoms with Crippen LogP contribution < -0.4 is 28.6 Å². The molecule has 0 unspecified atom stereocenters. The summed E-state index contributed by atoms with van der Waals surface area (Å²) < 4.78 is 78.4. The normalized spacial score (nSPS) is 14.0. The Balaban J connectivity index is 1.73. The number of nitrogens with zero attached hydrogens (tertiary/aromatic N) is 2. The van der Waals surface area contributed by atoms with E-state index in [0.717, 1.165) is 23.6 Å². The number of hydrogen-bond donors (Lipinski definition) is 1. The number of benzene rings is 3. The lowest BCUT2D eigenvalue weighted by Gasteiger charge is -2.27. The molecule has 1 aliphatic rings. The van der Waals surface area contributed by atoms with Gasteiger partial charge in [-0.15, -0.1) is 0 Å². The lowest BCUT2D eigenvalue weighted by Crippen LogP contribution is -2.38. The lowest BCUT2D eigenvalue weighted by molar-refractivity contribution is -0.114. The van der Waals surface area contributed by atoms with Crippen molar-refractivity contribution in [2.45, 2.75) is 29.1 Å². The summed E-state index contributed by atoms with van der Waals surface area (Å²) in [4.78, 5) is 13.3. The standard InChI is InChI=1S/C29H34ClN3O9S2/c1-39-25-12-9-21(43(35,36)32-14-6-5-7-15-32)17-23(25)31-29(34)19-33(24-16-20(30)8-11-26(24)40-2)44(37,38)22-10-13-27(41-3)28(18-22)42-4/h8-13,16-18H,5-7,14-15,19H2,1-4H3,(H,31,34). The van der Waals surface area contributed by atoms with Crippen molar-refractivity contribution in [3.63, 3.8) is 0 Å². The van der Waals surface area contributed by atoms with Crippen LogP contribution in [0.1, 0.15) is 19.3 Å². The van der Waals surface area contributed by atoms with Crippen molar-refractivity contribution >= 4 is 48.9 Å². The molecule has 15 heteroatoms. The summed E-state index contributed by atoms with van der Waals surface area (Å²) in [5.74, 6) is 0.000923. The maximum Gasteiger partial charge on any atom is 0.265 e. The van der Waals surface area contributed by atoms with Crippen molar-refractivity contribution in [2.75, 3.05) is 57.7 Å². The second kappa shape index (κ2) is 13.9. The smallest absolute Gasteiger partial charge is 0.265 e. The Hall–Kier alpha value is -3.72. The number of nitrogens with one attached hydrogen (secondary N) is 1. The highest BCUT2D eigenvalue weighted by atomic mass is 35.5. The largest absolute Gasteiger partial charge is 0.495 e. The molecular weight excluding hydrogens is 634 g/mol. The maximum absolute atomic E-state index is 14.1. The number of hydrogen-bond acceptors (Lipinski definition) is 9. The zero-order valence-electron chi connectivity index (χ0n) is 24.7. The van der Waals surface area contributed by atoms with Gasteiger partial charge in [0, 0.05) is 24.2 Å². The summed E-state index contributed by atoms with van der Waals surface area (Å²) in [6.45, 7) is 0.0701. The lowest BCUT2D eigenvalue weighted by atomic mass is 10.2. The zero-order valence-corrected chi connectivity index (χ0v) is 27.1. The van der Waals surface area contributed by atoms with Gasteiger partial charge in [-0.3, -0.25) is 9.10 Å². The fourth-order valence-electron chi connectivity index (χ4n) is 4.78. The first-order valence-electron chi connectivity index (χ1n) is 13.5. The monoisotopic (exact) mass is 667 g/mol. The predicted octanol–water partition coefficient (Wildman–Crippen LogP) is 4.38. The topological polar surface area (TPSA) is 141 Å². The average Bonchev–Trinajstić information content (AvgIpc) is 3.03. The number of ether oxygens (including phenoxy) is 4. The fraction of sp³-hybridized carbons (Fsp3) is 0.345. The fourth-order valence-corrected chi connectivity index (χ4v) is 7.93. The second-order valence-electron chi connectivity index (χ2n) is 9.72. The van der Waals surface area contributed by atoms with E-state index in [4.69, 9.17) is 30.5 Å². The summed E-state index contributed by atoms with van der Waals surface area (Å²) in [5.41, 5.74) is 0.0513. The number of halogens is 1. The van der Waals surface area contributed by atoms with E-state index in [9.17, 15) is 21.6 Å². The summed E-state index contributed by atoms with van der Waals surface area (Å²) in [6, 6.07) is 12.5. The molecule has 0 radical (unpaired) electrons. The quantitative estimate of drug-likeness (QED) is 0.298. The summed E-state index contributed by atoms with van der Waals surface area (Å²) in [7, 11) is -2.77. The van der Waals surface area contributed by atoms with E-state index in [2.05, 4.69) is 5.32 Å². The molecule has 1 aliphatic heterocycles. The van der Waals surface area contributed by atoms with Crippen molar-refractivity contribution < 1.29 is 40.6 Å². The van der Waals surface area contributed by atoms with Gasteiger partial charge in [-0.05, 0) is 61.4 Å². The zero-order chi connectivity index (χ0) is 32.1. The molecule has 44 heavy (non-hydrogen) atoms. The van der Waals surface area contributed by atoms with Crippen LogP contribution in [0.15, 0.2) is 64.4 Å². The average molecular weight is 668 g/mol. The molecule has 0 aromatic heterocycles. The predicted molar refractivity (Wildman–Crippen MR) is 166 cm³/mol. The first-order chi connectivity index (χ1) is 21.0. The van der Waals surface area contributed by atoms with Crippen molar-refractivity contribution in [3.05, 3.63) is 59.6 Å². The Morgan fingerprint density at radius 1 is 0.773 bits per heavy atom. The third-order valence-electron chi connectivity index (χ3n) is 7.04. The van der Waals surface area contributed by atoms with E-state index >= 15 is 0 Å². The number of piperidine rings is 1. The second-order valence-corrected chi connectivity index (χ2v) is 14.0. The highest BCUT2D eigenvalue weighted by molar-refractivity contribution is 7.93. The van der Waals surface area contributed by atoms with Gasteiger partial charge in [0.15, 0.2) is 11.5 Å². The third-order valence-corrected chi connectivity index (χ3v) is 10.9. The molecule has 0 spiro atoms. The van der Waals surface area contributed by atoms with Gasteiger partial charge in [0.2, 0.25) is 15.9 Å². The molecule has 0 atom stereocenters. The van der Waals surface area contributed by atoms with Crippen molar-refractivity contribution in [1.82, 2.24) is 4.31 Å². The van der Waals surface area contributed by atoms with Gasteiger partial charge in [-0.2, -0.15) is 4.31 Å². The first-order valence-corrected chi connectivity index (χ1v) is 16.8. The third kappa shape index (κ3) is 6.98. The molecule has 238 valence electrons. The van der Waals surface area contributed by atoms with E-state index in [0.29, 0.717) is 18.8 Å². The van der Waals surface area contributed by atoms with Gasteiger partial charge in [0.05, 0.1) is 49.6 Å². The van der Waals surface area contributed by atoms with Crippen LogP contribution in [-0.2, 0) is 24.8 Å². The van der Waals surface area contributed by atoms with Crippen molar-refractivity contribution in [3.8, 4) is 23.0 Å². The molecule has 1 amide bonds. The summed E-state index contributed by atoms with van der Waals surface area (Å²) >= 11 is 6.24. The Labute approximate surface area is 262 Å². The van der Waals surface area contributed by atoms with Crippen LogP contribution in [0, 0.1) is 0 Å². The molecule has 0 bridgehead atoms. The SMILES string of the molecule is COc1ccc(S(=O)(=O)N2CCCCC2)cc1NC(=O)CN(c1cc(Cl)ccc1OC)S(=O)(=O)c1ccc(OC)c(OC)c1. The Kier molecular flexibility index (Phi) is 10.5. The first kappa shape index (κ1) is 33.2. The Morgan fingerprint density at radius 3 is 2.00 bits per heavy atom. The van der Waals surface area contributed by atoms with Crippen molar-refractivity contribution in [1.29, 1.82) is 0 Å².